The first-order valence-corrected chi connectivity index (χ1v) is 6.47. The molecule has 0 bridgehead atoms. The molecule has 5 heteroatoms. The van der Waals surface area contributed by atoms with Crippen LogP contribution in [-0.2, 0) is 4.79 Å². The number of aryl methyl sites for hydroxylation is 1. The zero-order valence-corrected chi connectivity index (χ0v) is 11.8. The second-order valence-electron chi connectivity index (χ2n) is 4.38. The van der Waals surface area contributed by atoms with Crippen molar-refractivity contribution < 1.29 is 9.53 Å². The summed E-state index contributed by atoms with van der Waals surface area (Å²) in [5, 5.41) is 3.20. The zero-order valence-electron chi connectivity index (χ0n) is 11.0. The number of rotatable bonds is 4. The predicted molar refractivity (Wildman–Crippen MR) is 81.2 cm³/mol. The maximum atomic E-state index is 11.8. The molecule has 4 nitrogen and oxygen atoms in total. The second kappa shape index (κ2) is 6.30. The molecule has 0 aliphatic rings. The standard InChI is InChI=1S/C15H15ClN2O2/c1-10-2-5-12(6-3-10)20-9-15(19)18-14-7-4-11(16)8-13(14)17/h2-8H,9,17H2,1H3,(H,18,19). The van der Waals surface area contributed by atoms with Crippen LogP contribution >= 0.6 is 11.6 Å². The fourth-order valence-electron chi connectivity index (χ4n) is 1.62. The molecule has 0 aliphatic carbocycles. The minimum atomic E-state index is -0.278. The molecule has 0 aromatic heterocycles. The van der Waals surface area contributed by atoms with E-state index >= 15 is 0 Å². The van der Waals surface area contributed by atoms with Gasteiger partial charge in [-0.2, -0.15) is 0 Å². The van der Waals surface area contributed by atoms with Crippen LogP contribution < -0.4 is 15.8 Å². The van der Waals surface area contributed by atoms with E-state index in [2.05, 4.69) is 5.32 Å². The number of halogens is 1. The molecule has 0 saturated carbocycles. The molecule has 1 amide bonds. The van der Waals surface area contributed by atoms with Crippen molar-refractivity contribution in [1.82, 2.24) is 0 Å². The zero-order chi connectivity index (χ0) is 14.5. The Morgan fingerprint density at radius 1 is 1.25 bits per heavy atom. The number of amides is 1. The molecule has 0 saturated heterocycles. The normalized spacial score (nSPS) is 10.1. The summed E-state index contributed by atoms with van der Waals surface area (Å²) in [5.41, 5.74) is 7.83. The van der Waals surface area contributed by atoms with Crippen LogP contribution in [0, 0.1) is 6.92 Å². The fourth-order valence-corrected chi connectivity index (χ4v) is 1.80. The predicted octanol–water partition coefficient (Wildman–Crippen LogP) is 3.25. The first kappa shape index (κ1) is 14.2. The van der Waals surface area contributed by atoms with Gasteiger partial charge in [-0.25, -0.2) is 0 Å². The first-order chi connectivity index (χ1) is 9.54. The summed E-state index contributed by atoms with van der Waals surface area (Å²) in [7, 11) is 0. The van der Waals surface area contributed by atoms with Crippen molar-refractivity contribution in [2.75, 3.05) is 17.7 Å². The van der Waals surface area contributed by atoms with Gasteiger partial charge in [-0.05, 0) is 37.3 Å². The lowest BCUT2D eigenvalue weighted by Crippen LogP contribution is -2.20. The van der Waals surface area contributed by atoms with E-state index in [9.17, 15) is 4.79 Å². The molecule has 0 unspecified atom stereocenters. The average molecular weight is 291 g/mol. The van der Waals surface area contributed by atoms with Crippen molar-refractivity contribution in [3.63, 3.8) is 0 Å². The molecule has 0 atom stereocenters. The van der Waals surface area contributed by atoms with Gasteiger partial charge in [-0.3, -0.25) is 4.79 Å². The molecule has 2 aromatic rings. The number of hydrogen-bond donors (Lipinski definition) is 2. The highest BCUT2D eigenvalue weighted by molar-refractivity contribution is 6.31. The quantitative estimate of drug-likeness (QED) is 0.850. The number of carbonyl (C=O) groups excluding carboxylic acids is 1. The van der Waals surface area contributed by atoms with E-state index < -0.39 is 0 Å². The number of nitrogens with two attached hydrogens (primary N) is 1. The molecule has 2 aromatic carbocycles. The first-order valence-electron chi connectivity index (χ1n) is 6.09. The molecular weight excluding hydrogens is 276 g/mol. The Labute approximate surface area is 122 Å². The molecule has 0 fully saturated rings. The number of benzene rings is 2. The van der Waals surface area contributed by atoms with Gasteiger partial charge in [-0.1, -0.05) is 29.3 Å². The van der Waals surface area contributed by atoms with Gasteiger partial charge in [0, 0.05) is 5.02 Å². The van der Waals surface area contributed by atoms with Crippen LogP contribution in [0.5, 0.6) is 5.75 Å². The van der Waals surface area contributed by atoms with Gasteiger partial charge in [0.1, 0.15) is 5.75 Å². The van der Waals surface area contributed by atoms with Gasteiger partial charge in [-0.15, -0.1) is 0 Å². The molecule has 3 N–H and O–H groups in total. The van der Waals surface area contributed by atoms with Crippen LogP contribution in [0.2, 0.25) is 5.02 Å². The van der Waals surface area contributed by atoms with Crippen molar-refractivity contribution in [2.24, 2.45) is 0 Å². The number of carbonyl (C=O) groups is 1. The molecular formula is C15H15ClN2O2. The summed E-state index contributed by atoms with van der Waals surface area (Å²) in [4.78, 5) is 11.8. The van der Waals surface area contributed by atoms with Crippen LogP contribution in [0.25, 0.3) is 0 Å². The second-order valence-corrected chi connectivity index (χ2v) is 4.82. The van der Waals surface area contributed by atoms with Crippen molar-refractivity contribution in [3.8, 4) is 5.75 Å². The third-order valence-corrected chi connectivity index (χ3v) is 2.91. The number of nitrogens with one attached hydrogen (secondary N) is 1. The van der Waals surface area contributed by atoms with E-state index in [0.29, 0.717) is 22.1 Å². The van der Waals surface area contributed by atoms with Crippen molar-refractivity contribution in [1.29, 1.82) is 0 Å². The van der Waals surface area contributed by atoms with Crippen LogP contribution in [0.4, 0.5) is 11.4 Å². The van der Waals surface area contributed by atoms with E-state index in [-0.39, 0.29) is 12.5 Å². The third kappa shape index (κ3) is 3.90. The molecule has 104 valence electrons. The van der Waals surface area contributed by atoms with Crippen molar-refractivity contribution in [2.45, 2.75) is 6.92 Å². The third-order valence-electron chi connectivity index (χ3n) is 2.68. The number of hydrogen-bond acceptors (Lipinski definition) is 3. The van der Waals surface area contributed by atoms with E-state index in [1.807, 2.05) is 31.2 Å². The van der Waals surface area contributed by atoms with Gasteiger partial charge in [0.25, 0.3) is 5.91 Å². The van der Waals surface area contributed by atoms with Crippen LogP contribution in [-0.4, -0.2) is 12.5 Å². The summed E-state index contributed by atoms with van der Waals surface area (Å²) in [6, 6.07) is 12.4. The maximum absolute atomic E-state index is 11.8. The Kier molecular flexibility index (Phi) is 4.48. The van der Waals surface area contributed by atoms with Gasteiger partial charge < -0.3 is 15.8 Å². The Balaban J connectivity index is 1.90. The molecule has 0 spiro atoms. The van der Waals surface area contributed by atoms with Crippen molar-refractivity contribution >= 4 is 28.9 Å². The fraction of sp³-hybridized carbons (Fsp3) is 0.133. The highest BCUT2D eigenvalue weighted by Crippen LogP contribution is 2.22. The van der Waals surface area contributed by atoms with Crippen molar-refractivity contribution in [3.05, 3.63) is 53.1 Å². The van der Waals surface area contributed by atoms with Gasteiger partial charge in [0.2, 0.25) is 0 Å². The minimum absolute atomic E-state index is 0.0782. The SMILES string of the molecule is Cc1ccc(OCC(=O)Nc2ccc(Cl)cc2N)cc1. The van der Waals surface area contributed by atoms with E-state index in [0.717, 1.165) is 5.56 Å². The lowest BCUT2D eigenvalue weighted by molar-refractivity contribution is -0.118. The highest BCUT2D eigenvalue weighted by atomic mass is 35.5. The highest BCUT2D eigenvalue weighted by Gasteiger charge is 2.06. The van der Waals surface area contributed by atoms with Gasteiger partial charge >= 0.3 is 0 Å². The summed E-state index contributed by atoms with van der Waals surface area (Å²) in [6.45, 7) is 1.91. The van der Waals surface area contributed by atoms with E-state index in [4.69, 9.17) is 22.1 Å². The summed E-state index contributed by atoms with van der Waals surface area (Å²) in [6.07, 6.45) is 0. The lowest BCUT2D eigenvalue weighted by Gasteiger charge is -2.09. The Bertz CT molecular complexity index is 612. The Morgan fingerprint density at radius 2 is 1.95 bits per heavy atom. The Morgan fingerprint density at radius 3 is 2.60 bits per heavy atom. The van der Waals surface area contributed by atoms with Crippen LogP contribution in [0.15, 0.2) is 42.5 Å². The van der Waals surface area contributed by atoms with Crippen LogP contribution in [0.3, 0.4) is 0 Å². The molecule has 0 radical (unpaired) electrons. The molecule has 2 rings (SSSR count). The summed E-state index contributed by atoms with van der Waals surface area (Å²) >= 11 is 5.79. The topological polar surface area (TPSA) is 64.3 Å². The Hall–Kier alpha value is -2.20. The monoisotopic (exact) mass is 290 g/mol. The number of ether oxygens (including phenoxy) is 1. The van der Waals surface area contributed by atoms with E-state index in [1.54, 1.807) is 18.2 Å². The summed E-state index contributed by atoms with van der Waals surface area (Å²) in [5.74, 6) is 0.370. The summed E-state index contributed by atoms with van der Waals surface area (Å²) < 4.78 is 5.38. The molecule has 20 heavy (non-hydrogen) atoms. The molecule has 0 aliphatic heterocycles. The lowest BCUT2D eigenvalue weighted by atomic mass is 10.2. The molecule has 0 heterocycles. The average Bonchev–Trinajstić information content (AvgIpc) is 2.41. The number of anilines is 2. The van der Waals surface area contributed by atoms with Crippen LogP contribution in [0.1, 0.15) is 5.56 Å². The van der Waals surface area contributed by atoms with Gasteiger partial charge in [0.15, 0.2) is 6.61 Å². The largest absolute Gasteiger partial charge is 0.484 e. The van der Waals surface area contributed by atoms with Gasteiger partial charge in [0.05, 0.1) is 11.4 Å². The maximum Gasteiger partial charge on any atom is 0.262 e. The number of nitrogen functional groups attached to an aromatic ring is 1. The minimum Gasteiger partial charge on any atom is -0.484 e. The smallest absolute Gasteiger partial charge is 0.262 e. The van der Waals surface area contributed by atoms with E-state index in [1.165, 1.54) is 0 Å².